The third-order valence-electron chi connectivity index (χ3n) is 4.03. The SMILES string of the molecule is Cc1ccc(OCC(=O)NC[C@H]2CCN(C(C)C)C2)cc1. The van der Waals surface area contributed by atoms with Gasteiger partial charge in [0.25, 0.3) is 5.91 Å². The third kappa shape index (κ3) is 5.05. The molecular formula is C17H26N2O2. The number of amides is 1. The molecule has 0 unspecified atom stereocenters. The molecule has 1 amide bonds. The zero-order valence-corrected chi connectivity index (χ0v) is 13.3. The van der Waals surface area contributed by atoms with E-state index in [1.807, 2.05) is 31.2 Å². The molecule has 1 fully saturated rings. The monoisotopic (exact) mass is 290 g/mol. The van der Waals surface area contributed by atoms with Crippen LogP contribution in [-0.2, 0) is 4.79 Å². The topological polar surface area (TPSA) is 41.6 Å². The van der Waals surface area contributed by atoms with Crippen molar-refractivity contribution in [1.82, 2.24) is 10.2 Å². The van der Waals surface area contributed by atoms with Crippen molar-refractivity contribution in [1.29, 1.82) is 0 Å². The summed E-state index contributed by atoms with van der Waals surface area (Å²) in [5.41, 5.74) is 1.18. The van der Waals surface area contributed by atoms with Gasteiger partial charge in [-0.15, -0.1) is 0 Å². The fourth-order valence-corrected chi connectivity index (χ4v) is 2.59. The number of benzene rings is 1. The smallest absolute Gasteiger partial charge is 0.257 e. The van der Waals surface area contributed by atoms with Crippen LogP contribution in [0.25, 0.3) is 0 Å². The lowest BCUT2D eigenvalue weighted by Gasteiger charge is -2.20. The van der Waals surface area contributed by atoms with Gasteiger partial charge in [0.1, 0.15) is 5.75 Å². The molecule has 4 nitrogen and oxygen atoms in total. The van der Waals surface area contributed by atoms with E-state index < -0.39 is 0 Å². The molecule has 1 N–H and O–H groups in total. The Balaban J connectivity index is 1.65. The van der Waals surface area contributed by atoms with Gasteiger partial charge >= 0.3 is 0 Å². The van der Waals surface area contributed by atoms with Crippen LogP contribution in [0.1, 0.15) is 25.8 Å². The average Bonchev–Trinajstić information content (AvgIpc) is 2.93. The number of nitrogens with one attached hydrogen (secondary N) is 1. The second-order valence-corrected chi connectivity index (χ2v) is 6.15. The van der Waals surface area contributed by atoms with Crippen molar-refractivity contribution in [3.63, 3.8) is 0 Å². The Kier molecular flexibility index (Phi) is 5.62. The van der Waals surface area contributed by atoms with Crippen LogP contribution >= 0.6 is 0 Å². The molecule has 1 aliphatic heterocycles. The van der Waals surface area contributed by atoms with E-state index >= 15 is 0 Å². The molecule has 1 saturated heterocycles. The molecule has 0 aliphatic carbocycles. The number of rotatable bonds is 6. The van der Waals surface area contributed by atoms with Gasteiger partial charge < -0.3 is 15.0 Å². The van der Waals surface area contributed by atoms with Crippen LogP contribution in [-0.4, -0.2) is 43.1 Å². The summed E-state index contributed by atoms with van der Waals surface area (Å²) in [6.45, 7) is 9.52. The Morgan fingerprint density at radius 3 is 2.71 bits per heavy atom. The van der Waals surface area contributed by atoms with Crippen LogP contribution in [0, 0.1) is 12.8 Å². The first-order valence-electron chi connectivity index (χ1n) is 7.75. The molecule has 21 heavy (non-hydrogen) atoms. The lowest BCUT2D eigenvalue weighted by Crippen LogP contribution is -2.35. The van der Waals surface area contributed by atoms with E-state index in [4.69, 9.17) is 4.74 Å². The Hall–Kier alpha value is -1.55. The minimum absolute atomic E-state index is 0.0430. The summed E-state index contributed by atoms with van der Waals surface area (Å²) in [6, 6.07) is 8.33. The minimum Gasteiger partial charge on any atom is -0.484 e. The van der Waals surface area contributed by atoms with Crippen LogP contribution < -0.4 is 10.1 Å². The molecule has 1 aromatic carbocycles. The van der Waals surface area contributed by atoms with Gasteiger partial charge in [0.2, 0.25) is 0 Å². The maximum atomic E-state index is 11.8. The van der Waals surface area contributed by atoms with Crippen LogP contribution in [0.15, 0.2) is 24.3 Å². The van der Waals surface area contributed by atoms with Gasteiger partial charge in [0.15, 0.2) is 6.61 Å². The van der Waals surface area contributed by atoms with Crippen molar-refractivity contribution in [3.8, 4) is 5.75 Å². The van der Waals surface area contributed by atoms with Crippen LogP contribution in [0.3, 0.4) is 0 Å². The molecule has 4 heteroatoms. The number of carbonyl (C=O) groups is 1. The van der Waals surface area contributed by atoms with E-state index in [1.165, 1.54) is 5.56 Å². The van der Waals surface area contributed by atoms with E-state index in [1.54, 1.807) is 0 Å². The number of hydrogen-bond donors (Lipinski definition) is 1. The fourth-order valence-electron chi connectivity index (χ4n) is 2.59. The van der Waals surface area contributed by atoms with Crippen molar-refractivity contribution in [2.45, 2.75) is 33.2 Å². The summed E-state index contributed by atoms with van der Waals surface area (Å²) in [5, 5.41) is 2.98. The second kappa shape index (κ2) is 7.46. The predicted molar refractivity (Wildman–Crippen MR) is 84.5 cm³/mol. The van der Waals surface area contributed by atoms with Gasteiger partial charge in [-0.1, -0.05) is 17.7 Å². The molecule has 2 rings (SSSR count). The molecule has 0 radical (unpaired) electrons. The van der Waals surface area contributed by atoms with Gasteiger partial charge in [0.05, 0.1) is 0 Å². The number of carbonyl (C=O) groups excluding carboxylic acids is 1. The molecule has 0 spiro atoms. The van der Waals surface area contributed by atoms with Crippen molar-refractivity contribution < 1.29 is 9.53 Å². The Labute approximate surface area is 127 Å². The summed E-state index contributed by atoms with van der Waals surface area (Å²) in [6.07, 6.45) is 1.16. The van der Waals surface area contributed by atoms with E-state index in [9.17, 15) is 4.79 Å². The summed E-state index contributed by atoms with van der Waals surface area (Å²) >= 11 is 0. The molecule has 0 saturated carbocycles. The second-order valence-electron chi connectivity index (χ2n) is 6.15. The minimum atomic E-state index is -0.0430. The number of likely N-dealkylation sites (tertiary alicyclic amines) is 1. The number of aryl methyl sites for hydroxylation is 1. The first kappa shape index (κ1) is 15.8. The average molecular weight is 290 g/mol. The summed E-state index contributed by atoms with van der Waals surface area (Å²) in [7, 11) is 0. The van der Waals surface area contributed by atoms with Gasteiger partial charge in [-0.2, -0.15) is 0 Å². The van der Waals surface area contributed by atoms with Crippen molar-refractivity contribution in [2.75, 3.05) is 26.2 Å². The number of ether oxygens (including phenoxy) is 1. The van der Waals surface area contributed by atoms with Crippen molar-refractivity contribution in [2.24, 2.45) is 5.92 Å². The van der Waals surface area contributed by atoms with Gasteiger partial charge in [-0.05, 0) is 51.8 Å². The zero-order chi connectivity index (χ0) is 15.2. The Morgan fingerprint density at radius 2 is 2.10 bits per heavy atom. The largest absolute Gasteiger partial charge is 0.484 e. The maximum absolute atomic E-state index is 11.8. The fraction of sp³-hybridized carbons (Fsp3) is 0.588. The third-order valence-corrected chi connectivity index (χ3v) is 4.03. The van der Waals surface area contributed by atoms with Gasteiger partial charge in [-0.25, -0.2) is 0 Å². The highest BCUT2D eigenvalue weighted by Crippen LogP contribution is 2.17. The van der Waals surface area contributed by atoms with Crippen LogP contribution in [0.5, 0.6) is 5.75 Å². The summed E-state index contributed by atoms with van der Waals surface area (Å²) < 4.78 is 5.47. The molecule has 0 bridgehead atoms. The molecule has 1 aliphatic rings. The first-order valence-corrected chi connectivity index (χ1v) is 7.75. The number of hydrogen-bond acceptors (Lipinski definition) is 3. The molecule has 1 heterocycles. The van der Waals surface area contributed by atoms with E-state index in [0.29, 0.717) is 12.0 Å². The molecule has 0 aromatic heterocycles. The standard InChI is InChI=1S/C17H26N2O2/c1-13(2)19-9-8-15(11-19)10-18-17(20)12-21-16-6-4-14(3)5-7-16/h4-7,13,15H,8-12H2,1-3H3,(H,18,20)/t15-/m1/s1. The zero-order valence-electron chi connectivity index (χ0n) is 13.3. The van der Waals surface area contributed by atoms with Gasteiger partial charge in [-0.3, -0.25) is 4.79 Å². The Morgan fingerprint density at radius 1 is 1.38 bits per heavy atom. The van der Waals surface area contributed by atoms with E-state index in [-0.39, 0.29) is 12.5 Å². The Bertz CT molecular complexity index is 456. The molecule has 1 aromatic rings. The molecule has 116 valence electrons. The van der Waals surface area contributed by atoms with E-state index in [2.05, 4.69) is 24.1 Å². The normalized spacial score (nSPS) is 19.0. The lowest BCUT2D eigenvalue weighted by molar-refractivity contribution is -0.123. The van der Waals surface area contributed by atoms with Crippen molar-refractivity contribution >= 4 is 5.91 Å². The maximum Gasteiger partial charge on any atom is 0.257 e. The quantitative estimate of drug-likeness (QED) is 0.873. The predicted octanol–water partition coefficient (Wildman–Crippen LogP) is 2.22. The number of nitrogens with zero attached hydrogens (tertiary/aromatic N) is 1. The lowest BCUT2D eigenvalue weighted by atomic mass is 10.1. The van der Waals surface area contributed by atoms with E-state index in [0.717, 1.165) is 31.8 Å². The highest BCUT2D eigenvalue weighted by molar-refractivity contribution is 5.77. The highest BCUT2D eigenvalue weighted by atomic mass is 16.5. The van der Waals surface area contributed by atoms with Crippen molar-refractivity contribution in [3.05, 3.63) is 29.8 Å². The van der Waals surface area contributed by atoms with Crippen LogP contribution in [0.2, 0.25) is 0 Å². The molecular weight excluding hydrogens is 264 g/mol. The summed E-state index contributed by atoms with van der Waals surface area (Å²) in [5.74, 6) is 1.26. The highest BCUT2D eigenvalue weighted by Gasteiger charge is 2.24. The summed E-state index contributed by atoms with van der Waals surface area (Å²) in [4.78, 5) is 14.3. The first-order chi connectivity index (χ1) is 10.0. The molecule has 1 atom stereocenters. The van der Waals surface area contributed by atoms with Crippen LogP contribution in [0.4, 0.5) is 0 Å². The van der Waals surface area contributed by atoms with Gasteiger partial charge in [0, 0.05) is 19.1 Å².